The lowest BCUT2D eigenvalue weighted by Crippen LogP contribution is -2.28. The Morgan fingerprint density at radius 3 is 2.75 bits per heavy atom. The Morgan fingerprint density at radius 2 is 2.05 bits per heavy atom. The van der Waals surface area contributed by atoms with E-state index in [-0.39, 0.29) is 37.2 Å². The van der Waals surface area contributed by atoms with Gasteiger partial charge >= 0.3 is 0 Å². The molecule has 0 spiro atoms. The Balaban J connectivity index is 0.00000200. The van der Waals surface area contributed by atoms with Crippen LogP contribution in [0.3, 0.4) is 0 Å². The molecule has 0 aromatic heterocycles. The summed E-state index contributed by atoms with van der Waals surface area (Å²) in [5.74, 6) is 1.50. The summed E-state index contributed by atoms with van der Waals surface area (Å²) in [5.41, 5.74) is 6.63. The quantitative estimate of drug-likeness (QED) is 0.874. The molecular weight excluding hydrogens is 280 g/mol. The molecule has 0 fully saturated rings. The second-order valence-corrected chi connectivity index (χ2v) is 4.92. The van der Waals surface area contributed by atoms with Gasteiger partial charge in [0.2, 0.25) is 12.7 Å². The second kappa shape index (κ2) is 7.36. The smallest absolute Gasteiger partial charge is 0.231 e. The fourth-order valence-electron chi connectivity index (χ4n) is 1.94. The molecule has 0 bridgehead atoms. The number of nitrogens with one attached hydrogen (secondary N) is 1. The molecule has 1 heterocycles. The lowest BCUT2D eigenvalue weighted by Gasteiger charge is -2.15. The van der Waals surface area contributed by atoms with Gasteiger partial charge in [0.25, 0.3) is 0 Å². The molecule has 0 radical (unpaired) electrons. The van der Waals surface area contributed by atoms with Crippen LogP contribution in [0.1, 0.15) is 38.3 Å². The van der Waals surface area contributed by atoms with Crippen molar-refractivity contribution >= 4 is 18.3 Å². The molecule has 20 heavy (non-hydrogen) atoms. The first-order valence-electron chi connectivity index (χ1n) is 6.50. The predicted octanol–water partition coefficient (Wildman–Crippen LogP) is 2.14. The number of carbonyl (C=O) groups is 1. The summed E-state index contributed by atoms with van der Waals surface area (Å²) in [6.45, 7) is 4.10. The average molecular weight is 301 g/mol. The molecule has 6 heteroatoms. The Labute approximate surface area is 125 Å². The normalized spacial score (nSPS) is 15.2. The van der Waals surface area contributed by atoms with E-state index in [2.05, 4.69) is 5.32 Å². The first-order chi connectivity index (χ1) is 9.06. The van der Waals surface area contributed by atoms with Crippen molar-refractivity contribution in [3.05, 3.63) is 23.8 Å². The van der Waals surface area contributed by atoms with E-state index in [1.165, 1.54) is 0 Å². The van der Waals surface area contributed by atoms with Crippen LogP contribution in [-0.4, -0.2) is 18.7 Å². The summed E-state index contributed by atoms with van der Waals surface area (Å²) in [4.78, 5) is 11.7. The third-order valence-corrected chi connectivity index (χ3v) is 3.10. The first-order valence-corrected chi connectivity index (χ1v) is 6.50. The molecule has 2 atom stereocenters. The van der Waals surface area contributed by atoms with E-state index in [0.717, 1.165) is 17.1 Å². The Hall–Kier alpha value is -1.46. The van der Waals surface area contributed by atoms with Crippen molar-refractivity contribution in [2.75, 3.05) is 6.79 Å². The Kier molecular flexibility index (Phi) is 6.10. The molecule has 1 aromatic rings. The van der Waals surface area contributed by atoms with E-state index in [4.69, 9.17) is 15.2 Å². The number of nitrogens with two attached hydrogens (primary N) is 1. The van der Waals surface area contributed by atoms with Crippen LogP contribution < -0.4 is 20.5 Å². The van der Waals surface area contributed by atoms with Gasteiger partial charge in [0, 0.05) is 12.5 Å². The molecule has 2 rings (SSSR count). The van der Waals surface area contributed by atoms with Crippen molar-refractivity contribution < 1.29 is 14.3 Å². The van der Waals surface area contributed by atoms with E-state index in [0.29, 0.717) is 12.8 Å². The predicted molar refractivity (Wildman–Crippen MR) is 79.3 cm³/mol. The Morgan fingerprint density at radius 1 is 1.35 bits per heavy atom. The van der Waals surface area contributed by atoms with Gasteiger partial charge in [-0.2, -0.15) is 0 Å². The summed E-state index contributed by atoms with van der Waals surface area (Å²) in [5, 5.41) is 2.95. The summed E-state index contributed by atoms with van der Waals surface area (Å²) in [6.07, 6.45) is 1.15. The zero-order chi connectivity index (χ0) is 13.8. The third kappa shape index (κ3) is 4.28. The van der Waals surface area contributed by atoms with Crippen LogP contribution in [0.15, 0.2) is 18.2 Å². The average Bonchev–Trinajstić information content (AvgIpc) is 2.83. The van der Waals surface area contributed by atoms with Crippen LogP contribution in [0.5, 0.6) is 11.5 Å². The van der Waals surface area contributed by atoms with Crippen molar-refractivity contribution in [1.82, 2.24) is 5.32 Å². The maximum atomic E-state index is 11.7. The second-order valence-electron chi connectivity index (χ2n) is 4.92. The van der Waals surface area contributed by atoms with Gasteiger partial charge in [-0.05, 0) is 38.0 Å². The summed E-state index contributed by atoms with van der Waals surface area (Å²) < 4.78 is 10.6. The molecule has 0 saturated carbocycles. The number of carbonyl (C=O) groups excluding carboxylic acids is 1. The number of rotatable bonds is 5. The highest BCUT2D eigenvalue weighted by Gasteiger charge is 2.16. The number of halogens is 1. The maximum Gasteiger partial charge on any atom is 0.231 e. The van der Waals surface area contributed by atoms with Crippen molar-refractivity contribution in [3.63, 3.8) is 0 Å². The number of ether oxygens (including phenoxy) is 2. The highest BCUT2D eigenvalue weighted by molar-refractivity contribution is 5.85. The van der Waals surface area contributed by atoms with Crippen LogP contribution >= 0.6 is 12.4 Å². The van der Waals surface area contributed by atoms with E-state index >= 15 is 0 Å². The fourth-order valence-corrected chi connectivity index (χ4v) is 1.94. The van der Waals surface area contributed by atoms with Crippen molar-refractivity contribution in [1.29, 1.82) is 0 Å². The van der Waals surface area contributed by atoms with Gasteiger partial charge in [-0.1, -0.05) is 6.07 Å². The van der Waals surface area contributed by atoms with E-state index < -0.39 is 0 Å². The topological polar surface area (TPSA) is 73.6 Å². The first kappa shape index (κ1) is 16.6. The third-order valence-electron chi connectivity index (χ3n) is 3.10. The lowest BCUT2D eigenvalue weighted by atomic mass is 10.1. The summed E-state index contributed by atoms with van der Waals surface area (Å²) >= 11 is 0. The van der Waals surface area contributed by atoms with Gasteiger partial charge in [0.15, 0.2) is 11.5 Å². The summed E-state index contributed by atoms with van der Waals surface area (Å²) in [6, 6.07) is 5.69. The van der Waals surface area contributed by atoms with Crippen LogP contribution in [0, 0.1) is 0 Å². The molecule has 2 unspecified atom stereocenters. The molecule has 1 aromatic carbocycles. The number of hydrogen-bond acceptors (Lipinski definition) is 4. The maximum absolute atomic E-state index is 11.7. The highest BCUT2D eigenvalue weighted by Crippen LogP contribution is 2.34. The molecular formula is C14H21ClN2O3. The standard InChI is InChI=1S/C14H20N2O3.ClH/c1-9(15)3-6-14(17)16-10(2)11-4-5-12-13(7-11)19-8-18-12;/h4-5,7,9-10H,3,6,8,15H2,1-2H3,(H,16,17);1H. The van der Waals surface area contributed by atoms with Crippen molar-refractivity contribution in [3.8, 4) is 11.5 Å². The zero-order valence-corrected chi connectivity index (χ0v) is 12.5. The van der Waals surface area contributed by atoms with Crippen molar-refractivity contribution in [2.45, 2.75) is 38.8 Å². The summed E-state index contributed by atoms with van der Waals surface area (Å²) in [7, 11) is 0. The molecule has 5 nitrogen and oxygen atoms in total. The number of fused-ring (bicyclic) bond motifs is 1. The van der Waals surface area contributed by atoms with Gasteiger partial charge in [0.05, 0.1) is 6.04 Å². The largest absolute Gasteiger partial charge is 0.454 e. The Bertz CT molecular complexity index is 466. The van der Waals surface area contributed by atoms with Crippen LogP contribution in [0.4, 0.5) is 0 Å². The fraction of sp³-hybridized carbons (Fsp3) is 0.500. The number of amides is 1. The minimum Gasteiger partial charge on any atom is -0.454 e. The number of benzene rings is 1. The molecule has 0 aliphatic carbocycles. The molecule has 0 saturated heterocycles. The van der Waals surface area contributed by atoms with E-state index in [1.807, 2.05) is 32.0 Å². The van der Waals surface area contributed by atoms with Gasteiger partial charge < -0.3 is 20.5 Å². The molecule has 1 amide bonds. The van der Waals surface area contributed by atoms with Gasteiger partial charge in [0.1, 0.15) is 0 Å². The zero-order valence-electron chi connectivity index (χ0n) is 11.7. The molecule has 1 aliphatic rings. The van der Waals surface area contributed by atoms with Crippen LogP contribution in [0.25, 0.3) is 0 Å². The minimum atomic E-state index is -0.0601. The van der Waals surface area contributed by atoms with Crippen molar-refractivity contribution in [2.24, 2.45) is 5.73 Å². The SMILES string of the molecule is CC(N)CCC(=O)NC(C)c1ccc2c(c1)OCO2.Cl. The minimum absolute atomic E-state index is 0. The lowest BCUT2D eigenvalue weighted by molar-refractivity contribution is -0.121. The molecule has 112 valence electrons. The molecule has 3 N–H and O–H groups in total. The molecule has 1 aliphatic heterocycles. The number of hydrogen-bond donors (Lipinski definition) is 2. The monoisotopic (exact) mass is 300 g/mol. The van der Waals surface area contributed by atoms with E-state index in [1.54, 1.807) is 0 Å². The highest BCUT2D eigenvalue weighted by atomic mass is 35.5. The van der Waals surface area contributed by atoms with Gasteiger partial charge in [-0.25, -0.2) is 0 Å². The van der Waals surface area contributed by atoms with Crippen LogP contribution in [-0.2, 0) is 4.79 Å². The van der Waals surface area contributed by atoms with Gasteiger partial charge in [-0.15, -0.1) is 12.4 Å². The van der Waals surface area contributed by atoms with E-state index in [9.17, 15) is 4.79 Å². The van der Waals surface area contributed by atoms with Gasteiger partial charge in [-0.3, -0.25) is 4.79 Å². The van der Waals surface area contributed by atoms with Crippen LogP contribution in [0.2, 0.25) is 0 Å².